The summed E-state index contributed by atoms with van der Waals surface area (Å²) >= 11 is 4.87. The molecule has 1 aromatic heterocycles. The minimum absolute atomic E-state index is 0.213. The van der Waals surface area contributed by atoms with Crippen LogP contribution in [0.3, 0.4) is 0 Å². The SMILES string of the molecule is COc1ccc(/C=N\NC(=O)c2sccc2C)cc1COc1ccccc1Br. The van der Waals surface area contributed by atoms with Gasteiger partial charge in [0.15, 0.2) is 0 Å². The molecule has 0 radical (unpaired) electrons. The maximum Gasteiger partial charge on any atom is 0.281 e. The number of nitrogens with zero attached hydrogens (tertiary/aromatic N) is 1. The number of thiophene rings is 1. The van der Waals surface area contributed by atoms with Crippen molar-refractivity contribution in [1.82, 2.24) is 5.43 Å². The summed E-state index contributed by atoms with van der Waals surface area (Å²) in [7, 11) is 1.62. The first-order valence-corrected chi connectivity index (χ1v) is 10.2. The number of amides is 1. The molecule has 144 valence electrons. The molecule has 0 unspecified atom stereocenters. The summed E-state index contributed by atoms with van der Waals surface area (Å²) in [6.07, 6.45) is 1.60. The van der Waals surface area contributed by atoms with Crippen LogP contribution < -0.4 is 14.9 Å². The van der Waals surface area contributed by atoms with Crippen LogP contribution in [0.15, 0.2) is 63.5 Å². The standard InChI is InChI=1S/C21H19BrN2O3S/c1-14-9-10-28-20(14)21(25)24-23-12-15-7-8-18(26-2)16(11-15)13-27-19-6-4-3-5-17(19)22/h3-12H,13H2,1-2H3,(H,24,25)/b23-12-. The molecule has 0 atom stereocenters. The number of aryl methyl sites for hydroxylation is 1. The molecular formula is C21H19BrN2O3S. The maximum atomic E-state index is 12.1. The molecule has 0 saturated heterocycles. The van der Waals surface area contributed by atoms with Gasteiger partial charge in [0.1, 0.15) is 18.1 Å². The summed E-state index contributed by atoms with van der Waals surface area (Å²) in [5.74, 6) is 1.26. The average Bonchev–Trinajstić information content (AvgIpc) is 3.13. The number of ether oxygens (including phenoxy) is 2. The van der Waals surface area contributed by atoms with Gasteiger partial charge in [-0.2, -0.15) is 5.10 Å². The Morgan fingerprint density at radius 2 is 2.04 bits per heavy atom. The Balaban J connectivity index is 1.69. The zero-order valence-corrected chi connectivity index (χ0v) is 17.8. The van der Waals surface area contributed by atoms with Crippen LogP contribution in [0.5, 0.6) is 11.5 Å². The van der Waals surface area contributed by atoms with E-state index in [0.29, 0.717) is 11.5 Å². The van der Waals surface area contributed by atoms with E-state index >= 15 is 0 Å². The van der Waals surface area contributed by atoms with Crippen molar-refractivity contribution in [2.24, 2.45) is 5.10 Å². The molecule has 3 rings (SSSR count). The molecule has 0 spiro atoms. The van der Waals surface area contributed by atoms with Crippen molar-refractivity contribution in [1.29, 1.82) is 0 Å². The molecule has 2 aromatic carbocycles. The molecule has 28 heavy (non-hydrogen) atoms. The van der Waals surface area contributed by atoms with Crippen molar-refractivity contribution >= 4 is 39.4 Å². The van der Waals surface area contributed by atoms with Crippen LogP contribution in [0, 0.1) is 6.92 Å². The summed E-state index contributed by atoms with van der Waals surface area (Å²) in [6, 6.07) is 15.2. The fraction of sp³-hybridized carbons (Fsp3) is 0.143. The highest BCUT2D eigenvalue weighted by Crippen LogP contribution is 2.27. The Bertz CT molecular complexity index is 1000. The number of rotatable bonds is 7. The second kappa shape index (κ2) is 9.52. The summed E-state index contributed by atoms with van der Waals surface area (Å²) < 4.78 is 12.2. The van der Waals surface area contributed by atoms with E-state index in [1.165, 1.54) is 11.3 Å². The van der Waals surface area contributed by atoms with Gasteiger partial charge in [0.2, 0.25) is 0 Å². The van der Waals surface area contributed by atoms with Gasteiger partial charge in [-0.15, -0.1) is 11.3 Å². The molecule has 5 nitrogen and oxygen atoms in total. The molecule has 0 aliphatic rings. The zero-order valence-electron chi connectivity index (χ0n) is 15.4. The third-order valence-corrected chi connectivity index (χ3v) is 5.64. The van der Waals surface area contributed by atoms with Gasteiger partial charge < -0.3 is 9.47 Å². The van der Waals surface area contributed by atoms with Gasteiger partial charge in [-0.3, -0.25) is 4.79 Å². The van der Waals surface area contributed by atoms with E-state index in [-0.39, 0.29) is 5.91 Å². The summed E-state index contributed by atoms with van der Waals surface area (Å²) in [5, 5.41) is 5.94. The topological polar surface area (TPSA) is 59.9 Å². The van der Waals surface area contributed by atoms with Crippen molar-refractivity contribution in [3.05, 3.63) is 80.0 Å². The molecule has 0 bridgehead atoms. The number of benzene rings is 2. The first kappa shape index (κ1) is 20.1. The second-order valence-electron chi connectivity index (χ2n) is 5.92. The Labute approximate surface area is 176 Å². The summed E-state index contributed by atoms with van der Waals surface area (Å²) in [4.78, 5) is 12.8. The van der Waals surface area contributed by atoms with Crippen molar-refractivity contribution in [3.63, 3.8) is 0 Å². The largest absolute Gasteiger partial charge is 0.496 e. The number of nitrogens with one attached hydrogen (secondary N) is 1. The quantitative estimate of drug-likeness (QED) is 0.392. The number of para-hydroxylation sites is 1. The van der Waals surface area contributed by atoms with Gasteiger partial charge in [0, 0.05) is 5.56 Å². The van der Waals surface area contributed by atoms with Crippen molar-refractivity contribution in [2.45, 2.75) is 13.5 Å². The van der Waals surface area contributed by atoms with E-state index in [1.54, 1.807) is 13.3 Å². The first-order chi connectivity index (χ1) is 13.6. The molecule has 0 aliphatic carbocycles. The normalized spacial score (nSPS) is 10.8. The third kappa shape index (κ3) is 4.99. The third-order valence-electron chi connectivity index (χ3n) is 3.97. The van der Waals surface area contributed by atoms with Crippen molar-refractivity contribution in [2.75, 3.05) is 7.11 Å². The Morgan fingerprint density at radius 1 is 1.21 bits per heavy atom. The highest BCUT2D eigenvalue weighted by atomic mass is 79.9. The van der Waals surface area contributed by atoms with E-state index in [4.69, 9.17) is 9.47 Å². The second-order valence-corrected chi connectivity index (χ2v) is 7.69. The van der Waals surface area contributed by atoms with Gasteiger partial charge in [0.25, 0.3) is 5.91 Å². The van der Waals surface area contributed by atoms with Crippen molar-refractivity contribution < 1.29 is 14.3 Å². The molecular weight excluding hydrogens is 440 g/mol. The number of carbonyl (C=O) groups is 1. The van der Waals surface area contributed by atoms with Crippen molar-refractivity contribution in [3.8, 4) is 11.5 Å². The van der Waals surface area contributed by atoms with E-state index in [2.05, 4.69) is 26.5 Å². The molecule has 0 fully saturated rings. The predicted molar refractivity (Wildman–Crippen MR) is 116 cm³/mol. The minimum atomic E-state index is -0.213. The van der Waals surface area contributed by atoms with E-state index < -0.39 is 0 Å². The number of hydrazone groups is 1. The lowest BCUT2D eigenvalue weighted by Gasteiger charge is -2.12. The summed E-state index contributed by atoms with van der Waals surface area (Å²) in [6.45, 7) is 2.24. The highest BCUT2D eigenvalue weighted by molar-refractivity contribution is 9.10. The van der Waals surface area contributed by atoms with Gasteiger partial charge in [-0.1, -0.05) is 12.1 Å². The number of halogens is 1. The van der Waals surface area contributed by atoms with Crippen LogP contribution in [-0.4, -0.2) is 19.2 Å². The lowest BCUT2D eigenvalue weighted by atomic mass is 10.1. The average molecular weight is 459 g/mol. The number of hydrogen-bond donors (Lipinski definition) is 1. The molecule has 7 heteroatoms. The van der Waals surface area contributed by atoms with Crippen LogP contribution in [0.4, 0.5) is 0 Å². The van der Waals surface area contributed by atoms with Gasteiger partial charge in [-0.05, 0) is 75.8 Å². The molecule has 1 N–H and O–H groups in total. The Morgan fingerprint density at radius 3 is 2.75 bits per heavy atom. The van der Waals surface area contributed by atoms with Crippen LogP contribution in [0.25, 0.3) is 0 Å². The zero-order chi connectivity index (χ0) is 19.9. The first-order valence-electron chi connectivity index (χ1n) is 8.50. The fourth-order valence-electron chi connectivity index (χ4n) is 2.53. The lowest BCUT2D eigenvalue weighted by molar-refractivity contribution is 0.0958. The van der Waals surface area contributed by atoms with Crippen LogP contribution >= 0.6 is 27.3 Å². The highest BCUT2D eigenvalue weighted by Gasteiger charge is 2.09. The number of hydrogen-bond acceptors (Lipinski definition) is 5. The summed E-state index contributed by atoms with van der Waals surface area (Å²) in [5.41, 5.74) is 5.20. The van der Waals surface area contributed by atoms with Gasteiger partial charge >= 0.3 is 0 Å². The monoisotopic (exact) mass is 458 g/mol. The molecule has 0 aliphatic heterocycles. The smallest absolute Gasteiger partial charge is 0.281 e. The van der Waals surface area contributed by atoms with Gasteiger partial charge in [-0.25, -0.2) is 5.43 Å². The van der Waals surface area contributed by atoms with Crippen LogP contribution in [-0.2, 0) is 6.61 Å². The molecule has 0 saturated carbocycles. The predicted octanol–water partition coefficient (Wildman–Crippen LogP) is 5.17. The van der Waals surface area contributed by atoms with Gasteiger partial charge in [0.05, 0.1) is 22.7 Å². The van der Waals surface area contributed by atoms with E-state index in [1.807, 2.05) is 60.8 Å². The van der Waals surface area contributed by atoms with E-state index in [0.717, 1.165) is 32.7 Å². The van der Waals surface area contributed by atoms with E-state index in [9.17, 15) is 4.79 Å². The minimum Gasteiger partial charge on any atom is -0.496 e. The fourth-order valence-corrected chi connectivity index (χ4v) is 3.74. The molecule has 3 aromatic rings. The number of methoxy groups -OCH3 is 1. The molecule has 1 amide bonds. The van der Waals surface area contributed by atoms with Crippen LogP contribution in [0.2, 0.25) is 0 Å². The lowest BCUT2D eigenvalue weighted by Crippen LogP contribution is -2.17. The van der Waals surface area contributed by atoms with Crippen LogP contribution in [0.1, 0.15) is 26.4 Å². The maximum absolute atomic E-state index is 12.1. The number of carbonyl (C=O) groups excluding carboxylic acids is 1. The Hall–Kier alpha value is -2.64. The Kier molecular flexibility index (Phi) is 6.84. The molecule has 1 heterocycles.